The zero-order valence-electron chi connectivity index (χ0n) is 6.20. The van der Waals surface area contributed by atoms with E-state index in [2.05, 4.69) is 15.0 Å². The lowest BCUT2D eigenvalue weighted by Gasteiger charge is -1.92. The number of thioether (sulfide) groups is 1. The Balaban J connectivity index is 2.84. The Labute approximate surface area is 76.1 Å². The van der Waals surface area contributed by atoms with E-state index < -0.39 is 0 Å². The number of thiazole rings is 1. The molecule has 0 aliphatic heterocycles. The Hall–Kier alpha value is -0.880. The molecule has 0 radical (unpaired) electrons. The molecule has 6 heteroatoms. The van der Waals surface area contributed by atoms with Gasteiger partial charge in [-0.25, -0.2) is 9.97 Å². The van der Waals surface area contributed by atoms with Gasteiger partial charge in [-0.15, -0.1) is 11.3 Å². The molecule has 2 rings (SSSR count). The van der Waals surface area contributed by atoms with Crippen molar-refractivity contribution in [3.63, 3.8) is 0 Å². The van der Waals surface area contributed by atoms with E-state index in [0.29, 0.717) is 15.5 Å². The normalized spacial score (nSPS) is 10.8. The van der Waals surface area contributed by atoms with Gasteiger partial charge in [0.05, 0.1) is 5.51 Å². The number of nitrogens with zero attached hydrogens (tertiary/aromatic N) is 2. The molecule has 0 amide bonds. The van der Waals surface area contributed by atoms with E-state index >= 15 is 0 Å². The van der Waals surface area contributed by atoms with Gasteiger partial charge in [0.2, 0.25) is 0 Å². The molecule has 2 aromatic heterocycles. The number of aromatic nitrogens is 3. The zero-order chi connectivity index (χ0) is 8.55. The number of hydrogen-bond acceptors (Lipinski definition) is 5. The van der Waals surface area contributed by atoms with Gasteiger partial charge in [-0.1, -0.05) is 11.8 Å². The molecule has 0 unspecified atom stereocenters. The average Bonchev–Trinajstić information content (AvgIpc) is 2.52. The van der Waals surface area contributed by atoms with Crippen LogP contribution in [-0.2, 0) is 0 Å². The Morgan fingerprint density at radius 3 is 3.25 bits per heavy atom. The molecular formula is C6H5N3OS2. The third-order valence-electron chi connectivity index (χ3n) is 1.38. The molecule has 0 aliphatic carbocycles. The van der Waals surface area contributed by atoms with Crippen molar-refractivity contribution in [3.05, 3.63) is 15.9 Å². The summed E-state index contributed by atoms with van der Waals surface area (Å²) in [5.74, 6) is 0. The fraction of sp³-hybridized carbons (Fsp3) is 0.167. The third-order valence-corrected chi connectivity index (χ3v) is 2.68. The van der Waals surface area contributed by atoms with Gasteiger partial charge in [0, 0.05) is 0 Å². The molecule has 0 atom stereocenters. The highest BCUT2D eigenvalue weighted by molar-refractivity contribution is 7.98. The highest BCUT2D eigenvalue weighted by atomic mass is 32.2. The van der Waals surface area contributed by atoms with Crippen LogP contribution in [0.15, 0.2) is 15.5 Å². The van der Waals surface area contributed by atoms with Crippen molar-refractivity contribution in [2.24, 2.45) is 0 Å². The van der Waals surface area contributed by atoms with E-state index in [-0.39, 0.29) is 5.56 Å². The average molecular weight is 199 g/mol. The van der Waals surface area contributed by atoms with E-state index in [0.717, 1.165) is 0 Å². The van der Waals surface area contributed by atoms with Crippen LogP contribution in [0.25, 0.3) is 10.3 Å². The second kappa shape index (κ2) is 2.87. The summed E-state index contributed by atoms with van der Waals surface area (Å²) in [4.78, 5) is 22.7. The lowest BCUT2D eigenvalue weighted by Crippen LogP contribution is -2.08. The van der Waals surface area contributed by atoms with Crippen molar-refractivity contribution in [3.8, 4) is 0 Å². The summed E-state index contributed by atoms with van der Waals surface area (Å²) in [6.07, 6.45) is 1.87. The maximum Gasteiger partial charge on any atom is 0.278 e. The summed E-state index contributed by atoms with van der Waals surface area (Å²) in [6, 6.07) is 0. The van der Waals surface area contributed by atoms with Crippen molar-refractivity contribution in [2.75, 3.05) is 6.26 Å². The van der Waals surface area contributed by atoms with Gasteiger partial charge in [-0.3, -0.25) is 9.78 Å². The van der Waals surface area contributed by atoms with E-state index in [1.54, 1.807) is 5.51 Å². The van der Waals surface area contributed by atoms with Crippen LogP contribution in [0.5, 0.6) is 0 Å². The quantitative estimate of drug-likeness (QED) is 0.552. The summed E-state index contributed by atoms with van der Waals surface area (Å²) in [5, 5.41) is 0.636. The first-order valence-corrected chi connectivity index (χ1v) is 5.29. The summed E-state index contributed by atoms with van der Waals surface area (Å²) >= 11 is 2.79. The number of rotatable bonds is 1. The SMILES string of the molecule is CSc1nc2scnc2c(=O)[nH]1. The molecule has 2 aromatic rings. The smallest absolute Gasteiger partial charge is 0.278 e. The maximum absolute atomic E-state index is 11.3. The lowest BCUT2D eigenvalue weighted by molar-refractivity contribution is 0.978. The lowest BCUT2D eigenvalue weighted by atomic mass is 10.6. The Bertz CT molecular complexity index is 461. The summed E-state index contributed by atoms with van der Waals surface area (Å²) < 4.78 is 0. The van der Waals surface area contributed by atoms with Crippen LogP contribution in [0.1, 0.15) is 0 Å². The van der Waals surface area contributed by atoms with Crippen molar-refractivity contribution >= 4 is 33.4 Å². The molecule has 2 heterocycles. The monoisotopic (exact) mass is 199 g/mol. The first-order valence-electron chi connectivity index (χ1n) is 3.19. The molecular weight excluding hydrogens is 194 g/mol. The van der Waals surface area contributed by atoms with Crippen molar-refractivity contribution in [2.45, 2.75) is 5.16 Å². The molecule has 1 N–H and O–H groups in total. The van der Waals surface area contributed by atoms with Gasteiger partial charge < -0.3 is 0 Å². The van der Waals surface area contributed by atoms with Gasteiger partial charge in [-0.2, -0.15) is 0 Å². The highest BCUT2D eigenvalue weighted by Crippen LogP contribution is 2.14. The van der Waals surface area contributed by atoms with Gasteiger partial charge in [0.25, 0.3) is 5.56 Å². The summed E-state index contributed by atoms with van der Waals surface area (Å²) in [7, 11) is 0. The predicted octanol–water partition coefficient (Wildman–Crippen LogP) is 1.10. The van der Waals surface area contributed by atoms with E-state index in [9.17, 15) is 4.79 Å². The first kappa shape index (κ1) is 7.75. The molecule has 62 valence electrons. The minimum Gasteiger partial charge on any atom is -0.300 e. The minimum absolute atomic E-state index is 0.161. The van der Waals surface area contributed by atoms with Crippen LogP contribution in [0, 0.1) is 0 Å². The molecule has 0 saturated carbocycles. The predicted molar refractivity (Wildman–Crippen MR) is 49.8 cm³/mol. The standard InChI is InChI=1S/C6H5N3OS2/c1-11-6-8-4(10)3-5(9-6)12-2-7-3/h2H,1H3,(H,8,9,10). The number of H-pyrrole nitrogens is 1. The van der Waals surface area contributed by atoms with E-state index in [4.69, 9.17) is 0 Å². The van der Waals surface area contributed by atoms with Crippen molar-refractivity contribution in [1.29, 1.82) is 0 Å². The molecule has 0 spiro atoms. The van der Waals surface area contributed by atoms with Gasteiger partial charge in [0.15, 0.2) is 15.5 Å². The Morgan fingerprint density at radius 2 is 2.50 bits per heavy atom. The zero-order valence-corrected chi connectivity index (χ0v) is 7.83. The molecule has 0 saturated heterocycles. The Kier molecular flexibility index (Phi) is 1.86. The third kappa shape index (κ3) is 1.12. The van der Waals surface area contributed by atoms with Gasteiger partial charge in [-0.05, 0) is 6.26 Å². The van der Waals surface area contributed by atoms with Crippen molar-refractivity contribution < 1.29 is 0 Å². The van der Waals surface area contributed by atoms with Crippen LogP contribution in [0.3, 0.4) is 0 Å². The molecule has 0 fully saturated rings. The second-order valence-corrected chi connectivity index (χ2v) is 3.71. The highest BCUT2D eigenvalue weighted by Gasteiger charge is 2.04. The van der Waals surface area contributed by atoms with Crippen LogP contribution < -0.4 is 5.56 Å². The fourth-order valence-corrected chi connectivity index (χ4v) is 1.94. The van der Waals surface area contributed by atoms with Gasteiger partial charge >= 0.3 is 0 Å². The minimum atomic E-state index is -0.161. The van der Waals surface area contributed by atoms with Crippen LogP contribution >= 0.6 is 23.1 Å². The molecule has 12 heavy (non-hydrogen) atoms. The van der Waals surface area contributed by atoms with E-state index in [1.807, 2.05) is 6.26 Å². The van der Waals surface area contributed by atoms with E-state index in [1.165, 1.54) is 23.1 Å². The maximum atomic E-state index is 11.3. The van der Waals surface area contributed by atoms with Gasteiger partial charge in [0.1, 0.15) is 0 Å². The number of nitrogens with one attached hydrogen (secondary N) is 1. The second-order valence-electron chi connectivity index (χ2n) is 2.08. The van der Waals surface area contributed by atoms with Crippen molar-refractivity contribution in [1.82, 2.24) is 15.0 Å². The number of hydrogen-bond donors (Lipinski definition) is 1. The summed E-state index contributed by atoms with van der Waals surface area (Å²) in [6.45, 7) is 0. The molecule has 0 aliphatic rings. The van der Waals surface area contributed by atoms with Crippen LogP contribution in [0.4, 0.5) is 0 Å². The largest absolute Gasteiger partial charge is 0.300 e. The molecule has 0 bridgehead atoms. The van der Waals surface area contributed by atoms with Crippen LogP contribution in [-0.4, -0.2) is 21.2 Å². The van der Waals surface area contributed by atoms with Crippen LogP contribution in [0.2, 0.25) is 0 Å². The first-order chi connectivity index (χ1) is 5.81. The topological polar surface area (TPSA) is 58.6 Å². The fourth-order valence-electron chi connectivity index (χ4n) is 0.848. The Morgan fingerprint density at radius 1 is 1.67 bits per heavy atom. The molecule has 0 aromatic carbocycles. The number of fused-ring (bicyclic) bond motifs is 1. The summed E-state index contributed by atoms with van der Waals surface area (Å²) in [5.41, 5.74) is 1.89. The number of aromatic amines is 1. The molecule has 4 nitrogen and oxygen atoms in total.